The second-order valence-corrected chi connectivity index (χ2v) is 5.90. The SMILES string of the molecule is CC(C)Nc1ncccc1-c1ncnc(Nc2ccc(C(N)=O)cc2)n1. The molecule has 8 heteroatoms. The summed E-state index contributed by atoms with van der Waals surface area (Å²) >= 11 is 0. The largest absolute Gasteiger partial charge is 0.367 e. The van der Waals surface area contributed by atoms with Gasteiger partial charge in [0.1, 0.15) is 12.1 Å². The molecule has 8 nitrogen and oxygen atoms in total. The van der Waals surface area contributed by atoms with Crippen LogP contribution in [0.25, 0.3) is 11.4 Å². The Morgan fingerprint density at radius 1 is 1.08 bits per heavy atom. The molecular formula is C18H19N7O. The number of nitrogens with one attached hydrogen (secondary N) is 2. The number of carbonyl (C=O) groups is 1. The van der Waals surface area contributed by atoms with Gasteiger partial charge < -0.3 is 16.4 Å². The molecule has 0 atom stereocenters. The summed E-state index contributed by atoms with van der Waals surface area (Å²) in [6.07, 6.45) is 3.16. The monoisotopic (exact) mass is 349 g/mol. The fourth-order valence-corrected chi connectivity index (χ4v) is 2.31. The van der Waals surface area contributed by atoms with E-state index in [9.17, 15) is 4.79 Å². The zero-order valence-corrected chi connectivity index (χ0v) is 14.5. The Hall–Kier alpha value is -3.55. The van der Waals surface area contributed by atoms with E-state index >= 15 is 0 Å². The summed E-state index contributed by atoms with van der Waals surface area (Å²) in [5, 5.41) is 6.37. The number of benzene rings is 1. The van der Waals surface area contributed by atoms with Crippen LogP contribution in [0.15, 0.2) is 48.9 Å². The molecule has 1 aromatic carbocycles. The fraction of sp³-hybridized carbons (Fsp3) is 0.167. The first-order chi connectivity index (χ1) is 12.5. The van der Waals surface area contributed by atoms with Gasteiger partial charge in [0.05, 0.1) is 5.56 Å². The summed E-state index contributed by atoms with van der Waals surface area (Å²) in [5.74, 6) is 1.14. The average Bonchev–Trinajstić information content (AvgIpc) is 2.62. The highest BCUT2D eigenvalue weighted by Crippen LogP contribution is 2.24. The molecule has 0 aliphatic carbocycles. The number of carbonyl (C=O) groups excluding carboxylic acids is 1. The fourth-order valence-electron chi connectivity index (χ4n) is 2.31. The second kappa shape index (κ2) is 7.56. The zero-order valence-electron chi connectivity index (χ0n) is 14.5. The van der Waals surface area contributed by atoms with Gasteiger partial charge in [-0.1, -0.05) is 0 Å². The van der Waals surface area contributed by atoms with Crippen LogP contribution in [0.1, 0.15) is 24.2 Å². The number of nitrogens with zero attached hydrogens (tertiary/aromatic N) is 4. The maximum atomic E-state index is 11.1. The van der Waals surface area contributed by atoms with Crippen molar-refractivity contribution in [3.63, 3.8) is 0 Å². The first kappa shape index (κ1) is 17.3. The summed E-state index contributed by atoms with van der Waals surface area (Å²) in [6, 6.07) is 10.7. The highest BCUT2D eigenvalue weighted by atomic mass is 16.1. The Morgan fingerprint density at radius 2 is 1.85 bits per heavy atom. The molecule has 3 aromatic rings. The van der Waals surface area contributed by atoms with Gasteiger partial charge >= 0.3 is 0 Å². The number of hydrogen-bond acceptors (Lipinski definition) is 7. The smallest absolute Gasteiger partial charge is 0.248 e. The molecule has 3 rings (SSSR count). The van der Waals surface area contributed by atoms with E-state index < -0.39 is 5.91 Å². The summed E-state index contributed by atoms with van der Waals surface area (Å²) in [5.41, 5.74) is 7.20. The lowest BCUT2D eigenvalue weighted by atomic mass is 10.2. The van der Waals surface area contributed by atoms with Gasteiger partial charge in [-0.15, -0.1) is 0 Å². The van der Waals surface area contributed by atoms with Crippen molar-refractivity contribution in [3.05, 3.63) is 54.5 Å². The lowest BCUT2D eigenvalue weighted by Gasteiger charge is -2.13. The van der Waals surface area contributed by atoms with Gasteiger partial charge in [-0.05, 0) is 50.2 Å². The van der Waals surface area contributed by atoms with Crippen molar-refractivity contribution in [1.82, 2.24) is 19.9 Å². The normalized spacial score (nSPS) is 10.6. The van der Waals surface area contributed by atoms with Gasteiger partial charge in [0.15, 0.2) is 5.82 Å². The van der Waals surface area contributed by atoms with Gasteiger partial charge in [0, 0.05) is 23.5 Å². The third-order valence-electron chi connectivity index (χ3n) is 3.47. The summed E-state index contributed by atoms with van der Waals surface area (Å²) < 4.78 is 0. The van der Waals surface area contributed by atoms with E-state index in [1.807, 2.05) is 26.0 Å². The summed E-state index contributed by atoms with van der Waals surface area (Å²) in [4.78, 5) is 28.4. The molecule has 4 N–H and O–H groups in total. The third kappa shape index (κ3) is 4.10. The van der Waals surface area contributed by atoms with Gasteiger partial charge in [-0.25, -0.2) is 15.0 Å². The van der Waals surface area contributed by atoms with Crippen LogP contribution in [0.2, 0.25) is 0 Å². The predicted octanol–water partition coefficient (Wildman–Crippen LogP) is 2.60. The number of pyridine rings is 1. The summed E-state index contributed by atoms with van der Waals surface area (Å²) in [6.45, 7) is 4.07. The van der Waals surface area contributed by atoms with Crippen molar-refractivity contribution < 1.29 is 4.79 Å². The molecule has 0 spiro atoms. The lowest BCUT2D eigenvalue weighted by molar-refractivity contribution is 0.100. The zero-order chi connectivity index (χ0) is 18.5. The van der Waals surface area contributed by atoms with Crippen LogP contribution in [0.5, 0.6) is 0 Å². The standard InChI is InChI=1S/C18H19N7O/c1-11(2)23-16-14(4-3-9-20-16)17-21-10-22-18(25-17)24-13-7-5-12(6-8-13)15(19)26/h3-11H,1-2H3,(H2,19,26)(H,20,23)(H,21,22,24,25). The molecule has 2 heterocycles. The van der Waals surface area contributed by atoms with Crippen LogP contribution >= 0.6 is 0 Å². The lowest BCUT2D eigenvalue weighted by Crippen LogP contribution is -2.12. The molecule has 0 aliphatic heterocycles. The molecule has 0 aliphatic rings. The molecule has 26 heavy (non-hydrogen) atoms. The molecular weight excluding hydrogens is 330 g/mol. The minimum Gasteiger partial charge on any atom is -0.367 e. The van der Waals surface area contributed by atoms with Crippen LogP contribution in [-0.4, -0.2) is 31.9 Å². The molecule has 2 aromatic heterocycles. The Labute approximate surface area is 150 Å². The molecule has 0 radical (unpaired) electrons. The van der Waals surface area contributed by atoms with Crippen molar-refractivity contribution in [2.45, 2.75) is 19.9 Å². The molecule has 0 unspecified atom stereocenters. The van der Waals surface area contributed by atoms with Crippen molar-refractivity contribution >= 4 is 23.4 Å². The quantitative estimate of drug-likeness (QED) is 0.626. The number of primary amides is 1. The highest BCUT2D eigenvalue weighted by molar-refractivity contribution is 5.93. The topological polar surface area (TPSA) is 119 Å². The van der Waals surface area contributed by atoms with Crippen LogP contribution in [-0.2, 0) is 0 Å². The van der Waals surface area contributed by atoms with Crippen LogP contribution < -0.4 is 16.4 Å². The van der Waals surface area contributed by atoms with Gasteiger partial charge in [0.2, 0.25) is 11.9 Å². The minimum atomic E-state index is -0.472. The van der Waals surface area contributed by atoms with Gasteiger partial charge in [0.25, 0.3) is 0 Å². The van der Waals surface area contributed by atoms with E-state index in [4.69, 9.17) is 5.73 Å². The molecule has 0 fully saturated rings. The Balaban J connectivity index is 1.86. The molecule has 0 saturated heterocycles. The Morgan fingerprint density at radius 3 is 2.54 bits per heavy atom. The second-order valence-electron chi connectivity index (χ2n) is 5.90. The van der Waals surface area contributed by atoms with E-state index in [2.05, 4.69) is 30.6 Å². The average molecular weight is 349 g/mol. The molecule has 1 amide bonds. The maximum absolute atomic E-state index is 11.1. The van der Waals surface area contributed by atoms with E-state index in [1.165, 1.54) is 6.33 Å². The van der Waals surface area contributed by atoms with E-state index in [1.54, 1.807) is 30.5 Å². The number of nitrogens with two attached hydrogens (primary N) is 1. The van der Waals surface area contributed by atoms with Crippen molar-refractivity contribution in [3.8, 4) is 11.4 Å². The number of anilines is 3. The number of hydrogen-bond donors (Lipinski definition) is 3. The number of amides is 1. The van der Waals surface area contributed by atoms with E-state index in [0.29, 0.717) is 23.2 Å². The molecule has 132 valence electrons. The summed E-state index contributed by atoms with van der Waals surface area (Å²) in [7, 11) is 0. The maximum Gasteiger partial charge on any atom is 0.248 e. The molecule has 0 bridgehead atoms. The van der Waals surface area contributed by atoms with Crippen LogP contribution in [0, 0.1) is 0 Å². The Kier molecular flexibility index (Phi) is 5.02. The first-order valence-corrected chi connectivity index (χ1v) is 8.11. The van der Waals surface area contributed by atoms with E-state index in [0.717, 1.165) is 11.3 Å². The van der Waals surface area contributed by atoms with Gasteiger partial charge in [-0.2, -0.15) is 4.98 Å². The third-order valence-corrected chi connectivity index (χ3v) is 3.47. The first-order valence-electron chi connectivity index (χ1n) is 8.11. The van der Waals surface area contributed by atoms with Crippen LogP contribution in [0.4, 0.5) is 17.5 Å². The predicted molar refractivity (Wildman–Crippen MR) is 100 cm³/mol. The minimum absolute atomic E-state index is 0.229. The van der Waals surface area contributed by atoms with E-state index in [-0.39, 0.29) is 6.04 Å². The molecule has 0 saturated carbocycles. The van der Waals surface area contributed by atoms with Crippen molar-refractivity contribution in [2.24, 2.45) is 5.73 Å². The number of rotatable bonds is 6. The van der Waals surface area contributed by atoms with Crippen LogP contribution in [0.3, 0.4) is 0 Å². The van der Waals surface area contributed by atoms with Gasteiger partial charge in [-0.3, -0.25) is 4.79 Å². The van der Waals surface area contributed by atoms with Crippen molar-refractivity contribution in [2.75, 3.05) is 10.6 Å². The highest BCUT2D eigenvalue weighted by Gasteiger charge is 2.11. The Bertz CT molecular complexity index is 909. The number of aromatic nitrogens is 4. The van der Waals surface area contributed by atoms with Crippen molar-refractivity contribution in [1.29, 1.82) is 0 Å².